The number of hydrogen-bond acceptors (Lipinski definition) is 2. The van der Waals surface area contributed by atoms with Crippen LogP contribution in [0, 0.1) is 0 Å². The zero-order valence-corrected chi connectivity index (χ0v) is 10.4. The molecule has 0 aromatic carbocycles. The van der Waals surface area contributed by atoms with Crippen LogP contribution in [0.1, 0.15) is 63.9 Å². The van der Waals surface area contributed by atoms with Crippen molar-refractivity contribution >= 4 is 0 Å². The summed E-state index contributed by atoms with van der Waals surface area (Å²) in [7, 11) is 0. The average molecular weight is 222 g/mol. The zero-order valence-electron chi connectivity index (χ0n) is 10.4. The summed E-state index contributed by atoms with van der Waals surface area (Å²) in [5.41, 5.74) is 0.906. The van der Waals surface area contributed by atoms with E-state index in [1.165, 1.54) is 43.7 Å². The molecule has 1 unspecified atom stereocenters. The minimum Gasteiger partial charge on any atom is -0.431 e. The van der Waals surface area contributed by atoms with E-state index in [2.05, 4.69) is 13.8 Å². The Morgan fingerprint density at radius 2 is 2.00 bits per heavy atom. The smallest absolute Gasteiger partial charge is 0.335 e. The molecule has 0 saturated heterocycles. The maximum Gasteiger partial charge on any atom is 0.335 e. The minimum absolute atomic E-state index is 0.260. The summed E-state index contributed by atoms with van der Waals surface area (Å²) >= 11 is 0. The summed E-state index contributed by atoms with van der Waals surface area (Å²) in [6.45, 7) is 4.42. The summed E-state index contributed by atoms with van der Waals surface area (Å²) in [4.78, 5) is 10.9. The van der Waals surface area contributed by atoms with Gasteiger partial charge in [0, 0.05) is 6.07 Å². The van der Waals surface area contributed by atoms with Crippen LogP contribution in [0.4, 0.5) is 0 Å². The van der Waals surface area contributed by atoms with Crippen molar-refractivity contribution in [1.82, 2.24) is 0 Å². The second kappa shape index (κ2) is 7.26. The molecule has 1 aromatic rings. The number of unbranched alkanes of at least 4 members (excludes halogenated alkanes) is 3. The first kappa shape index (κ1) is 13.0. The van der Waals surface area contributed by atoms with Crippen LogP contribution in [0.15, 0.2) is 27.6 Å². The Morgan fingerprint density at radius 1 is 1.19 bits per heavy atom. The topological polar surface area (TPSA) is 30.2 Å². The summed E-state index contributed by atoms with van der Waals surface area (Å²) in [5, 5.41) is 0. The van der Waals surface area contributed by atoms with E-state index in [-0.39, 0.29) is 5.63 Å². The van der Waals surface area contributed by atoms with Gasteiger partial charge >= 0.3 is 5.63 Å². The molecule has 0 aliphatic heterocycles. The molecule has 0 aliphatic rings. The van der Waals surface area contributed by atoms with Gasteiger partial charge in [0.05, 0.1) is 6.26 Å². The maximum absolute atomic E-state index is 10.9. The molecule has 1 rings (SSSR count). The van der Waals surface area contributed by atoms with E-state index in [0.29, 0.717) is 5.92 Å². The minimum atomic E-state index is -0.260. The Kier molecular flexibility index (Phi) is 5.91. The van der Waals surface area contributed by atoms with Gasteiger partial charge in [0.2, 0.25) is 0 Å². The Bertz CT molecular complexity index is 320. The second-order valence-electron chi connectivity index (χ2n) is 4.34. The second-order valence-corrected chi connectivity index (χ2v) is 4.34. The van der Waals surface area contributed by atoms with Crippen molar-refractivity contribution in [2.75, 3.05) is 0 Å². The Morgan fingerprint density at radius 3 is 2.56 bits per heavy atom. The number of rotatable bonds is 7. The van der Waals surface area contributed by atoms with E-state index < -0.39 is 0 Å². The van der Waals surface area contributed by atoms with Gasteiger partial charge < -0.3 is 4.42 Å². The largest absolute Gasteiger partial charge is 0.431 e. The highest BCUT2D eigenvalue weighted by Gasteiger charge is 2.09. The van der Waals surface area contributed by atoms with Crippen LogP contribution in [0.5, 0.6) is 0 Å². The molecule has 1 aromatic heterocycles. The van der Waals surface area contributed by atoms with E-state index in [1.54, 1.807) is 6.26 Å². The van der Waals surface area contributed by atoms with E-state index in [4.69, 9.17) is 4.42 Å². The highest BCUT2D eigenvalue weighted by atomic mass is 16.4. The molecule has 0 N–H and O–H groups in total. The van der Waals surface area contributed by atoms with Crippen LogP contribution in [-0.2, 0) is 0 Å². The van der Waals surface area contributed by atoms with Crippen LogP contribution in [0.2, 0.25) is 0 Å². The van der Waals surface area contributed by atoms with Crippen LogP contribution < -0.4 is 5.63 Å². The van der Waals surface area contributed by atoms with Gasteiger partial charge in [0.15, 0.2) is 0 Å². The molecule has 1 heterocycles. The van der Waals surface area contributed by atoms with Gasteiger partial charge in [-0.3, -0.25) is 0 Å². The fourth-order valence-corrected chi connectivity index (χ4v) is 2.03. The van der Waals surface area contributed by atoms with Gasteiger partial charge in [0.25, 0.3) is 0 Å². The predicted molar refractivity (Wildman–Crippen MR) is 66.8 cm³/mol. The molecule has 2 heteroatoms. The first-order chi connectivity index (χ1) is 7.77. The van der Waals surface area contributed by atoms with Crippen molar-refractivity contribution < 1.29 is 4.42 Å². The molecular formula is C14H22O2. The lowest BCUT2D eigenvalue weighted by atomic mass is 9.92. The summed E-state index contributed by atoms with van der Waals surface area (Å²) in [5.74, 6) is 0.543. The Labute approximate surface area is 97.7 Å². The fourth-order valence-electron chi connectivity index (χ4n) is 2.03. The van der Waals surface area contributed by atoms with Gasteiger partial charge in [-0.15, -0.1) is 0 Å². The van der Waals surface area contributed by atoms with Crippen molar-refractivity contribution in [3.05, 3.63) is 34.4 Å². The lowest BCUT2D eigenvalue weighted by Crippen LogP contribution is -2.01. The van der Waals surface area contributed by atoms with Gasteiger partial charge in [-0.05, 0) is 30.4 Å². The molecular weight excluding hydrogens is 200 g/mol. The molecule has 0 radical (unpaired) electrons. The highest BCUT2D eigenvalue weighted by molar-refractivity contribution is 5.12. The van der Waals surface area contributed by atoms with Crippen LogP contribution in [-0.4, -0.2) is 0 Å². The average Bonchev–Trinajstić information content (AvgIpc) is 2.31. The highest BCUT2D eigenvalue weighted by Crippen LogP contribution is 2.24. The lowest BCUT2D eigenvalue weighted by Gasteiger charge is -2.13. The SMILES string of the molecule is CCCCCCC(CC)c1ccc(=O)oc1. The molecule has 2 nitrogen and oxygen atoms in total. The molecule has 0 fully saturated rings. The summed E-state index contributed by atoms with van der Waals surface area (Å²) in [6.07, 6.45) is 9.10. The van der Waals surface area contributed by atoms with Crippen LogP contribution >= 0.6 is 0 Å². The molecule has 0 spiro atoms. The third kappa shape index (κ3) is 4.21. The predicted octanol–water partition coefficient (Wildman–Crippen LogP) is 4.10. The summed E-state index contributed by atoms with van der Waals surface area (Å²) < 4.78 is 4.91. The van der Waals surface area contributed by atoms with Crippen molar-refractivity contribution in [3.63, 3.8) is 0 Å². The third-order valence-corrected chi connectivity index (χ3v) is 3.09. The molecule has 16 heavy (non-hydrogen) atoms. The monoisotopic (exact) mass is 222 g/mol. The Balaban J connectivity index is 2.47. The normalized spacial score (nSPS) is 12.6. The molecule has 0 bridgehead atoms. The van der Waals surface area contributed by atoms with Crippen molar-refractivity contribution in [1.29, 1.82) is 0 Å². The van der Waals surface area contributed by atoms with Gasteiger partial charge in [0.1, 0.15) is 0 Å². The third-order valence-electron chi connectivity index (χ3n) is 3.09. The van der Waals surface area contributed by atoms with Gasteiger partial charge in [-0.1, -0.05) is 39.5 Å². The quantitative estimate of drug-likeness (QED) is 0.650. The Hall–Kier alpha value is -1.05. The van der Waals surface area contributed by atoms with Crippen molar-refractivity contribution in [3.8, 4) is 0 Å². The number of hydrogen-bond donors (Lipinski definition) is 0. The van der Waals surface area contributed by atoms with Crippen molar-refractivity contribution in [2.24, 2.45) is 0 Å². The summed E-state index contributed by atoms with van der Waals surface area (Å²) in [6, 6.07) is 3.42. The van der Waals surface area contributed by atoms with E-state index >= 15 is 0 Å². The molecule has 0 saturated carbocycles. The van der Waals surface area contributed by atoms with E-state index in [1.807, 2.05) is 6.07 Å². The van der Waals surface area contributed by atoms with E-state index in [0.717, 1.165) is 6.42 Å². The molecule has 0 aliphatic carbocycles. The van der Waals surface area contributed by atoms with Crippen LogP contribution in [0.25, 0.3) is 0 Å². The maximum atomic E-state index is 10.9. The zero-order chi connectivity index (χ0) is 11.8. The first-order valence-electron chi connectivity index (χ1n) is 6.36. The van der Waals surface area contributed by atoms with Gasteiger partial charge in [-0.2, -0.15) is 0 Å². The lowest BCUT2D eigenvalue weighted by molar-refractivity contribution is 0.479. The van der Waals surface area contributed by atoms with E-state index in [9.17, 15) is 4.79 Å². The first-order valence-corrected chi connectivity index (χ1v) is 6.36. The molecule has 1 atom stereocenters. The standard InChI is InChI=1S/C14H22O2/c1-3-5-6-7-8-12(4-2)13-9-10-14(15)16-11-13/h9-12H,3-8H2,1-2H3. The molecule has 90 valence electrons. The van der Waals surface area contributed by atoms with Crippen LogP contribution in [0.3, 0.4) is 0 Å². The van der Waals surface area contributed by atoms with Crippen molar-refractivity contribution in [2.45, 2.75) is 58.3 Å². The van der Waals surface area contributed by atoms with Gasteiger partial charge in [-0.25, -0.2) is 4.79 Å². The fraction of sp³-hybridized carbons (Fsp3) is 0.643. The molecule has 0 amide bonds.